The van der Waals surface area contributed by atoms with Gasteiger partial charge in [0.2, 0.25) is 0 Å². The second-order valence-corrected chi connectivity index (χ2v) is 3.21. The SMILES string of the molecule is O=C(O)C[N+]1=NC(=O)c2ccccc2C1=O. The molecule has 1 aliphatic heterocycles. The van der Waals surface area contributed by atoms with Crippen molar-refractivity contribution in [2.45, 2.75) is 0 Å². The molecule has 1 aliphatic rings. The normalized spacial score (nSPS) is 14.4. The molecular formula is C10H7N2O4+. The van der Waals surface area contributed by atoms with Crippen molar-refractivity contribution in [1.29, 1.82) is 0 Å². The van der Waals surface area contributed by atoms with E-state index in [1.165, 1.54) is 12.1 Å². The van der Waals surface area contributed by atoms with Gasteiger partial charge in [-0.15, -0.1) is 0 Å². The fraction of sp³-hybridized carbons (Fsp3) is 0.100. The van der Waals surface area contributed by atoms with E-state index in [4.69, 9.17) is 5.11 Å². The molecule has 0 spiro atoms. The summed E-state index contributed by atoms with van der Waals surface area (Å²) >= 11 is 0. The van der Waals surface area contributed by atoms with Crippen LogP contribution < -0.4 is 0 Å². The van der Waals surface area contributed by atoms with E-state index in [0.717, 1.165) is 0 Å². The number of fused-ring (bicyclic) bond motifs is 1. The summed E-state index contributed by atoms with van der Waals surface area (Å²) in [5.74, 6) is -2.39. The predicted octanol–water partition coefficient (Wildman–Crippen LogP) is 0.530. The molecule has 0 aromatic heterocycles. The van der Waals surface area contributed by atoms with E-state index in [1.807, 2.05) is 0 Å². The molecular weight excluding hydrogens is 212 g/mol. The molecule has 0 unspecified atom stereocenters. The van der Waals surface area contributed by atoms with Crippen molar-refractivity contribution in [2.24, 2.45) is 5.11 Å². The Bertz CT molecular complexity index is 533. The molecule has 16 heavy (non-hydrogen) atoms. The number of carbonyl (C=O) groups is 3. The number of hydrogen-bond donors (Lipinski definition) is 1. The van der Waals surface area contributed by atoms with Gasteiger partial charge in [-0.3, -0.25) is 4.79 Å². The number of azo groups is 2. The van der Waals surface area contributed by atoms with Crippen molar-refractivity contribution < 1.29 is 24.2 Å². The summed E-state index contributed by atoms with van der Waals surface area (Å²) in [6.07, 6.45) is 0. The topological polar surface area (TPSA) is 86.8 Å². The average molecular weight is 219 g/mol. The first-order valence-electron chi connectivity index (χ1n) is 4.48. The molecule has 0 aliphatic carbocycles. The third-order valence-electron chi connectivity index (χ3n) is 2.12. The summed E-state index contributed by atoms with van der Waals surface area (Å²) in [7, 11) is 0. The van der Waals surface area contributed by atoms with Gasteiger partial charge in [-0.2, -0.15) is 0 Å². The Morgan fingerprint density at radius 1 is 1.25 bits per heavy atom. The highest BCUT2D eigenvalue weighted by Gasteiger charge is 2.35. The monoisotopic (exact) mass is 219 g/mol. The minimum absolute atomic E-state index is 0.184. The van der Waals surface area contributed by atoms with E-state index < -0.39 is 24.3 Å². The first-order chi connectivity index (χ1) is 7.59. The van der Waals surface area contributed by atoms with Crippen molar-refractivity contribution in [3.8, 4) is 0 Å². The van der Waals surface area contributed by atoms with Crippen molar-refractivity contribution in [3.63, 3.8) is 0 Å². The van der Waals surface area contributed by atoms with Crippen LogP contribution in [0, 0.1) is 0 Å². The summed E-state index contributed by atoms with van der Waals surface area (Å²) in [6.45, 7) is -0.612. The van der Waals surface area contributed by atoms with Crippen molar-refractivity contribution in [3.05, 3.63) is 35.4 Å². The quantitative estimate of drug-likeness (QED) is 0.735. The van der Waals surface area contributed by atoms with Crippen LogP contribution in [0.1, 0.15) is 20.7 Å². The highest BCUT2D eigenvalue weighted by atomic mass is 16.4. The van der Waals surface area contributed by atoms with Crippen LogP contribution in [0.3, 0.4) is 0 Å². The van der Waals surface area contributed by atoms with Gasteiger partial charge in [0.15, 0.2) is 0 Å². The van der Waals surface area contributed by atoms with E-state index in [-0.39, 0.29) is 11.1 Å². The number of nitrogens with zero attached hydrogens (tertiary/aromatic N) is 2. The zero-order chi connectivity index (χ0) is 11.7. The first-order valence-corrected chi connectivity index (χ1v) is 4.48. The largest absolute Gasteiger partial charge is 0.476 e. The molecule has 0 bridgehead atoms. The fourth-order valence-electron chi connectivity index (χ4n) is 1.44. The molecule has 0 saturated carbocycles. The van der Waals surface area contributed by atoms with Crippen LogP contribution >= 0.6 is 0 Å². The maximum absolute atomic E-state index is 11.7. The van der Waals surface area contributed by atoms with Crippen LogP contribution in [-0.4, -0.2) is 34.1 Å². The third kappa shape index (κ3) is 1.60. The number of rotatable bonds is 2. The fourth-order valence-corrected chi connectivity index (χ4v) is 1.44. The van der Waals surface area contributed by atoms with Gasteiger partial charge in [-0.1, -0.05) is 12.1 Å². The van der Waals surface area contributed by atoms with Gasteiger partial charge in [0.05, 0.1) is 5.56 Å². The van der Waals surface area contributed by atoms with Crippen LogP contribution in [0.2, 0.25) is 0 Å². The lowest BCUT2D eigenvalue weighted by molar-refractivity contribution is -0.485. The van der Waals surface area contributed by atoms with Crippen LogP contribution in [0.25, 0.3) is 0 Å². The van der Waals surface area contributed by atoms with Crippen LogP contribution in [0.4, 0.5) is 0 Å². The molecule has 6 nitrogen and oxygen atoms in total. The van der Waals surface area contributed by atoms with Gasteiger partial charge in [0, 0.05) is 5.11 Å². The summed E-state index contributed by atoms with van der Waals surface area (Å²) < 4.78 is 0.660. The first kappa shape index (κ1) is 10.2. The number of carboxylic acids is 1. The van der Waals surface area contributed by atoms with Crippen molar-refractivity contribution in [1.82, 2.24) is 0 Å². The Balaban J connectivity index is 2.47. The molecule has 2 rings (SSSR count). The zero-order valence-corrected chi connectivity index (χ0v) is 8.08. The maximum Gasteiger partial charge on any atom is 0.445 e. The van der Waals surface area contributed by atoms with E-state index in [1.54, 1.807) is 12.1 Å². The molecule has 0 atom stereocenters. The number of hydrogen-bond acceptors (Lipinski definition) is 3. The summed E-state index contributed by atoms with van der Waals surface area (Å²) in [4.78, 5) is 33.7. The van der Waals surface area contributed by atoms with Crippen molar-refractivity contribution >= 4 is 17.8 Å². The summed E-state index contributed by atoms with van der Waals surface area (Å²) in [5, 5.41) is 12.0. The highest BCUT2D eigenvalue weighted by molar-refractivity contribution is 6.07. The van der Waals surface area contributed by atoms with E-state index in [2.05, 4.69) is 5.11 Å². The lowest BCUT2D eigenvalue weighted by Crippen LogP contribution is -2.31. The minimum Gasteiger partial charge on any atom is -0.476 e. The van der Waals surface area contributed by atoms with Crippen LogP contribution in [0.5, 0.6) is 0 Å². The summed E-state index contributed by atoms with van der Waals surface area (Å²) in [5.41, 5.74) is 0.387. The lowest BCUT2D eigenvalue weighted by Gasteiger charge is -2.05. The zero-order valence-electron chi connectivity index (χ0n) is 8.08. The molecule has 0 fully saturated rings. The van der Waals surface area contributed by atoms with Gasteiger partial charge in [-0.25, -0.2) is 9.59 Å². The summed E-state index contributed by atoms with van der Waals surface area (Å²) in [6, 6.07) is 6.18. The smallest absolute Gasteiger partial charge is 0.445 e. The van der Waals surface area contributed by atoms with Gasteiger partial charge < -0.3 is 5.11 Å². The molecule has 1 aromatic rings. The van der Waals surface area contributed by atoms with E-state index >= 15 is 0 Å². The number of benzene rings is 1. The predicted molar refractivity (Wildman–Crippen MR) is 50.3 cm³/mol. The Morgan fingerprint density at radius 2 is 1.88 bits per heavy atom. The Labute approximate surface area is 89.8 Å². The van der Waals surface area contributed by atoms with Crippen molar-refractivity contribution in [2.75, 3.05) is 6.54 Å². The van der Waals surface area contributed by atoms with Crippen LogP contribution in [0.15, 0.2) is 29.4 Å². The standard InChI is InChI=1S/C10H6N2O4/c13-8(14)5-12-10(16)7-4-2-1-3-6(7)9(15)11-12/h1-4H,5H2/p+1. The number of carbonyl (C=O) groups excluding carboxylic acids is 2. The third-order valence-corrected chi connectivity index (χ3v) is 2.12. The number of carboxylic acid groups (broad SMARTS) is 1. The molecule has 6 heteroatoms. The van der Waals surface area contributed by atoms with E-state index in [9.17, 15) is 14.4 Å². The molecule has 0 saturated heterocycles. The highest BCUT2D eigenvalue weighted by Crippen LogP contribution is 2.16. The number of amides is 2. The minimum atomic E-state index is -1.22. The molecule has 1 heterocycles. The second kappa shape index (κ2) is 3.65. The lowest BCUT2D eigenvalue weighted by atomic mass is 10.1. The molecule has 80 valence electrons. The Kier molecular flexibility index (Phi) is 2.32. The maximum atomic E-state index is 11.7. The molecule has 1 aromatic carbocycles. The van der Waals surface area contributed by atoms with Gasteiger partial charge in [0.25, 0.3) is 6.54 Å². The Hall–Kier alpha value is -2.37. The van der Waals surface area contributed by atoms with Gasteiger partial charge >= 0.3 is 17.8 Å². The molecule has 0 radical (unpaired) electrons. The Morgan fingerprint density at radius 3 is 2.50 bits per heavy atom. The molecule has 1 N–H and O–H groups in total. The number of aliphatic carboxylic acids is 1. The van der Waals surface area contributed by atoms with Gasteiger partial charge in [0.1, 0.15) is 5.56 Å². The van der Waals surface area contributed by atoms with Gasteiger partial charge in [-0.05, 0) is 16.8 Å². The molecule has 2 amide bonds. The second-order valence-electron chi connectivity index (χ2n) is 3.21. The average Bonchev–Trinajstić information content (AvgIpc) is 2.25. The van der Waals surface area contributed by atoms with E-state index in [0.29, 0.717) is 4.70 Å². The van der Waals surface area contributed by atoms with Crippen LogP contribution in [-0.2, 0) is 4.79 Å².